The van der Waals surface area contributed by atoms with Crippen molar-refractivity contribution in [2.75, 3.05) is 6.61 Å². The summed E-state index contributed by atoms with van der Waals surface area (Å²) in [5.74, 6) is 0.265. The fourth-order valence-electron chi connectivity index (χ4n) is 2.10. The Labute approximate surface area is 106 Å². The maximum Gasteiger partial charge on any atom is 0.315 e. The molecule has 1 aliphatic rings. The van der Waals surface area contributed by atoms with E-state index in [0.717, 1.165) is 0 Å². The van der Waals surface area contributed by atoms with E-state index in [2.05, 4.69) is 4.98 Å². The number of hydrogen-bond donors (Lipinski definition) is 1. The van der Waals surface area contributed by atoms with Crippen LogP contribution in [0.4, 0.5) is 5.69 Å². The van der Waals surface area contributed by atoms with Crippen LogP contribution in [0, 0.1) is 10.1 Å². The summed E-state index contributed by atoms with van der Waals surface area (Å²) >= 11 is 5.81. The summed E-state index contributed by atoms with van der Waals surface area (Å²) in [5.41, 5.74) is 0.499. The van der Waals surface area contributed by atoms with Gasteiger partial charge >= 0.3 is 5.69 Å². The van der Waals surface area contributed by atoms with E-state index in [9.17, 15) is 15.2 Å². The Morgan fingerprint density at radius 1 is 1.61 bits per heavy atom. The SMILES string of the molecule is O=[N+]([O-])c1c(Cl)ccc2c1nc1n2CCOC1O. The number of halogens is 1. The number of hydrogen-bond acceptors (Lipinski definition) is 5. The van der Waals surface area contributed by atoms with Gasteiger partial charge in [-0.25, -0.2) is 4.98 Å². The number of fused-ring (bicyclic) bond motifs is 3. The molecule has 2 aromatic rings. The van der Waals surface area contributed by atoms with Crippen LogP contribution in [0.25, 0.3) is 11.0 Å². The molecule has 1 atom stereocenters. The largest absolute Gasteiger partial charge is 0.362 e. The number of aromatic nitrogens is 2. The number of nitrogens with zero attached hydrogens (tertiary/aromatic N) is 3. The van der Waals surface area contributed by atoms with E-state index in [1.807, 2.05) is 0 Å². The molecule has 0 bridgehead atoms. The Kier molecular flexibility index (Phi) is 2.47. The van der Waals surface area contributed by atoms with Gasteiger partial charge < -0.3 is 14.4 Å². The second kappa shape index (κ2) is 3.91. The van der Waals surface area contributed by atoms with Gasteiger partial charge in [-0.1, -0.05) is 11.6 Å². The van der Waals surface area contributed by atoms with Crippen LogP contribution in [0.2, 0.25) is 5.02 Å². The minimum atomic E-state index is -1.16. The summed E-state index contributed by atoms with van der Waals surface area (Å²) in [6, 6.07) is 3.11. The van der Waals surface area contributed by atoms with E-state index in [1.54, 1.807) is 10.6 Å². The summed E-state index contributed by atoms with van der Waals surface area (Å²) in [4.78, 5) is 14.5. The van der Waals surface area contributed by atoms with Crippen molar-refractivity contribution in [3.8, 4) is 0 Å². The molecule has 94 valence electrons. The monoisotopic (exact) mass is 269 g/mol. The zero-order valence-corrected chi connectivity index (χ0v) is 9.79. The van der Waals surface area contributed by atoms with Gasteiger partial charge in [0.15, 0.2) is 11.3 Å². The van der Waals surface area contributed by atoms with Gasteiger partial charge in [0.05, 0.1) is 17.0 Å². The molecular weight excluding hydrogens is 262 g/mol. The first kappa shape index (κ1) is 11.4. The molecule has 0 spiro atoms. The zero-order valence-electron chi connectivity index (χ0n) is 9.04. The number of aliphatic hydroxyl groups is 1. The summed E-state index contributed by atoms with van der Waals surface area (Å²) in [5, 5.41) is 20.7. The maximum atomic E-state index is 11.0. The van der Waals surface area contributed by atoms with Gasteiger partial charge in [0.25, 0.3) is 0 Å². The van der Waals surface area contributed by atoms with Crippen molar-refractivity contribution in [2.45, 2.75) is 12.8 Å². The van der Waals surface area contributed by atoms with Crippen molar-refractivity contribution in [1.82, 2.24) is 9.55 Å². The summed E-state index contributed by atoms with van der Waals surface area (Å²) in [7, 11) is 0. The molecule has 2 heterocycles. The lowest BCUT2D eigenvalue weighted by Gasteiger charge is -2.19. The van der Waals surface area contributed by atoms with Gasteiger partial charge in [-0.2, -0.15) is 0 Å². The van der Waals surface area contributed by atoms with E-state index in [0.29, 0.717) is 18.7 Å². The summed E-state index contributed by atoms with van der Waals surface area (Å²) < 4.78 is 6.74. The summed E-state index contributed by atoms with van der Waals surface area (Å²) in [6.45, 7) is 0.817. The van der Waals surface area contributed by atoms with Crippen LogP contribution in [0.5, 0.6) is 0 Å². The smallest absolute Gasteiger partial charge is 0.315 e. The van der Waals surface area contributed by atoms with Crippen LogP contribution < -0.4 is 0 Å². The molecule has 0 radical (unpaired) electrons. The molecule has 1 aliphatic heterocycles. The van der Waals surface area contributed by atoms with Gasteiger partial charge in [-0.15, -0.1) is 0 Å². The molecule has 18 heavy (non-hydrogen) atoms. The van der Waals surface area contributed by atoms with Crippen molar-refractivity contribution in [1.29, 1.82) is 0 Å². The molecule has 7 nitrogen and oxygen atoms in total. The highest BCUT2D eigenvalue weighted by molar-refractivity contribution is 6.33. The number of nitro groups is 1. The standard InChI is InChI=1S/C10H8ClN3O4/c11-5-1-2-6-7(8(5)14(16)17)12-9-10(15)18-4-3-13(6)9/h1-2,10,15H,3-4H2. The third-order valence-corrected chi connectivity index (χ3v) is 3.17. The topological polar surface area (TPSA) is 90.4 Å². The van der Waals surface area contributed by atoms with Crippen molar-refractivity contribution >= 4 is 28.3 Å². The fourth-order valence-corrected chi connectivity index (χ4v) is 2.32. The third-order valence-electron chi connectivity index (χ3n) is 2.87. The molecule has 8 heteroatoms. The minimum absolute atomic E-state index is 0.0263. The van der Waals surface area contributed by atoms with Crippen LogP contribution in [-0.4, -0.2) is 26.2 Å². The maximum absolute atomic E-state index is 11.0. The minimum Gasteiger partial charge on any atom is -0.362 e. The van der Waals surface area contributed by atoms with Gasteiger partial charge in [-0.3, -0.25) is 10.1 Å². The van der Waals surface area contributed by atoms with E-state index in [1.165, 1.54) is 6.07 Å². The van der Waals surface area contributed by atoms with Crippen molar-refractivity contribution in [3.05, 3.63) is 33.1 Å². The van der Waals surface area contributed by atoms with Gasteiger partial charge in [0.1, 0.15) is 5.02 Å². The number of nitro benzene ring substituents is 1. The molecule has 0 saturated carbocycles. The van der Waals surface area contributed by atoms with Crippen LogP contribution in [0.3, 0.4) is 0 Å². The highest BCUT2D eigenvalue weighted by atomic mass is 35.5. The lowest BCUT2D eigenvalue weighted by atomic mass is 10.2. The molecule has 3 rings (SSSR count). The molecular formula is C10H8ClN3O4. The van der Waals surface area contributed by atoms with Crippen LogP contribution in [-0.2, 0) is 11.3 Å². The number of aliphatic hydroxyl groups excluding tert-OH is 1. The lowest BCUT2D eigenvalue weighted by Crippen LogP contribution is -2.21. The van der Waals surface area contributed by atoms with Gasteiger partial charge in [0, 0.05) is 6.54 Å². The number of benzene rings is 1. The molecule has 0 saturated heterocycles. The molecule has 0 fully saturated rings. The Bertz CT molecular complexity index is 654. The average Bonchev–Trinajstić information content (AvgIpc) is 2.68. The third kappa shape index (κ3) is 1.48. The first-order chi connectivity index (χ1) is 8.59. The van der Waals surface area contributed by atoms with E-state index < -0.39 is 11.2 Å². The zero-order chi connectivity index (χ0) is 12.9. The second-order valence-corrected chi connectivity index (χ2v) is 4.27. The molecule has 0 aliphatic carbocycles. The number of imidazole rings is 1. The van der Waals surface area contributed by atoms with Crippen molar-refractivity contribution in [3.63, 3.8) is 0 Å². The van der Waals surface area contributed by atoms with Crippen LogP contribution in [0.1, 0.15) is 12.1 Å². The molecule has 1 aromatic heterocycles. The predicted molar refractivity (Wildman–Crippen MR) is 62.3 cm³/mol. The highest BCUT2D eigenvalue weighted by Crippen LogP contribution is 2.35. The lowest BCUT2D eigenvalue weighted by molar-refractivity contribution is -0.383. The van der Waals surface area contributed by atoms with Crippen LogP contribution >= 0.6 is 11.6 Å². The van der Waals surface area contributed by atoms with Gasteiger partial charge in [-0.05, 0) is 12.1 Å². The van der Waals surface area contributed by atoms with Gasteiger partial charge in [0.2, 0.25) is 6.29 Å². The number of rotatable bonds is 1. The second-order valence-electron chi connectivity index (χ2n) is 3.87. The Morgan fingerprint density at radius 3 is 3.11 bits per heavy atom. The molecule has 1 aromatic carbocycles. The Balaban J connectivity index is 2.37. The first-order valence-electron chi connectivity index (χ1n) is 5.22. The first-order valence-corrected chi connectivity index (χ1v) is 5.60. The molecule has 1 unspecified atom stereocenters. The highest BCUT2D eigenvalue weighted by Gasteiger charge is 2.28. The van der Waals surface area contributed by atoms with Crippen LogP contribution in [0.15, 0.2) is 12.1 Å². The Morgan fingerprint density at radius 2 is 2.39 bits per heavy atom. The van der Waals surface area contributed by atoms with Crippen molar-refractivity contribution in [2.24, 2.45) is 0 Å². The predicted octanol–water partition coefficient (Wildman–Crippen LogP) is 1.62. The molecule has 0 amide bonds. The molecule has 1 N–H and O–H groups in total. The average molecular weight is 270 g/mol. The quantitative estimate of drug-likeness (QED) is 0.627. The summed E-state index contributed by atoms with van der Waals surface area (Å²) in [6.07, 6.45) is -1.16. The normalized spacial score (nSPS) is 18.9. The van der Waals surface area contributed by atoms with E-state index >= 15 is 0 Å². The van der Waals surface area contributed by atoms with E-state index in [4.69, 9.17) is 16.3 Å². The van der Waals surface area contributed by atoms with E-state index in [-0.39, 0.29) is 22.1 Å². The number of ether oxygens (including phenoxy) is 1. The fraction of sp³-hybridized carbons (Fsp3) is 0.300. The van der Waals surface area contributed by atoms with Crippen molar-refractivity contribution < 1.29 is 14.8 Å². The Hall–Kier alpha value is -1.70.